The first-order valence-electron chi connectivity index (χ1n) is 13.5. The summed E-state index contributed by atoms with van der Waals surface area (Å²) in [6, 6.07) is 26.7. The smallest absolute Gasteiger partial charge is 0.0464 e. The first-order valence-corrected chi connectivity index (χ1v) is 13.5. The lowest BCUT2D eigenvalue weighted by molar-refractivity contribution is 0.394. The molecule has 1 nitrogen and oxygen atoms in total. The molecule has 2 aliphatic rings. The summed E-state index contributed by atoms with van der Waals surface area (Å²) < 4.78 is 0. The van der Waals surface area contributed by atoms with Gasteiger partial charge in [0.2, 0.25) is 0 Å². The van der Waals surface area contributed by atoms with Crippen molar-refractivity contribution in [3.05, 3.63) is 151 Å². The first kappa shape index (κ1) is 26.2. The van der Waals surface area contributed by atoms with Crippen molar-refractivity contribution >= 4 is 17.1 Å². The molecule has 0 saturated heterocycles. The minimum Gasteiger partial charge on any atom is -0.310 e. The van der Waals surface area contributed by atoms with Gasteiger partial charge in [0.25, 0.3) is 0 Å². The maximum atomic E-state index is 3.71. The van der Waals surface area contributed by atoms with E-state index in [-0.39, 0.29) is 5.41 Å². The molecule has 2 unspecified atom stereocenters. The summed E-state index contributed by atoms with van der Waals surface area (Å²) in [5.41, 5.74) is 7.85. The van der Waals surface area contributed by atoms with Gasteiger partial charge in [0.1, 0.15) is 0 Å². The average Bonchev–Trinajstić information content (AvgIpc) is 3.18. The summed E-state index contributed by atoms with van der Waals surface area (Å²) in [4.78, 5) is 2.37. The number of allylic oxidation sites excluding steroid dienone is 9. The molecule has 3 aromatic carbocycles. The van der Waals surface area contributed by atoms with Crippen LogP contribution in [0.2, 0.25) is 0 Å². The Morgan fingerprint density at radius 3 is 2.19 bits per heavy atom. The molecule has 0 N–H and O–H groups in total. The van der Waals surface area contributed by atoms with Crippen LogP contribution < -0.4 is 4.90 Å². The summed E-state index contributed by atoms with van der Waals surface area (Å²) in [6.45, 7) is 12.5. The topological polar surface area (TPSA) is 3.24 Å². The number of hydrogen-bond acceptors (Lipinski definition) is 1. The minimum absolute atomic E-state index is 0.0931. The summed E-state index contributed by atoms with van der Waals surface area (Å²) in [7, 11) is 0. The van der Waals surface area contributed by atoms with Crippen LogP contribution in [0.25, 0.3) is 0 Å². The van der Waals surface area contributed by atoms with Crippen molar-refractivity contribution in [2.45, 2.75) is 45.4 Å². The van der Waals surface area contributed by atoms with E-state index in [1.165, 1.54) is 33.8 Å². The van der Waals surface area contributed by atoms with E-state index in [1.54, 1.807) is 6.08 Å². The molecular formula is C36H39N. The predicted molar refractivity (Wildman–Crippen MR) is 162 cm³/mol. The van der Waals surface area contributed by atoms with Gasteiger partial charge in [0.15, 0.2) is 0 Å². The van der Waals surface area contributed by atoms with Crippen molar-refractivity contribution in [3.63, 3.8) is 0 Å². The molecule has 0 fully saturated rings. The van der Waals surface area contributed by atoms with E-state index in [0.29, 0.717) is 11.8 Å². The van der Waals surface area contributed by atoms with E-state index < -0.39 is 0 Å². The fourth-order valence-corrected chi connectivity index (χ4v) is 5.54. The molecule has 2 atom stereocenters. The number of rotatable bonds is 7. The molecule has 0 spiro atoms. The second-order valence-electron chi connectivity index (χ2n) is 9.90. The van der Waals surface area contributed by atoms with Crippen molar-refractivity contribution < 1.29 is 0 Å². The van der Waals surface area contributed by atoms with Gasteiger partial charge in [0, 0.05) is 23.0 Å². The van der Waals surface area contributed by atoms with Crippen LogP contribution in [0.1, 0.15) is 50.3 Å². The third kappa shape index (κ3) is 5.47. The largest absolute Gasteiger partial charge is 0.310 e. The molecule has 2 aliphatic carbocycles. The van der Waals surface area contributed by atoms with Crippen LogP contribution >= 0.6 is 0 Å². The van der Waals surface area contributed by atoms with E-state index in [9.17, 15) is 0 Å². The Kier molecular flexibility index (Phi) is 8.46. The maximum absolute atomic E-state index is 3.71. The zero-order valence-electron chi connectivity index (χ0n) is 22.6. The van der Waals surface area contributed by atoms with E-state index in [4.69, 9.17) is 0 Å². The van der Waals surface area contributed by atoms with E-state index in [0.717, 1.165) is 6.42 Å². The van der Waals surface area contributed by atoms with Gasteiger partial charge in [-0.15, -0.1) is 0 Å². The van der Waals surface area contributed by atoms with Crippen LogP contribution in [-0.2, 0) is 11.8 Å². The van der Waals surface area contributed by atoms with Crippen molar-refractivity contribution in [2.24, 2.45) is 5.92 Å². The number of nitrogens with zero attached hydrogens (tertiary/aromatic N) is 1. The Bertz CT molecular complexity index is 1300. The molecule has 0 bridgehead atoms. The molecule has 188 valence electrons. The number of para-hydroxylation sites is 1. The number of anilines is 3. The van der Waals surface area contributed by atoms with Crippen LogP contribution in [-0.4, -0.2) is 0 Å². The molecule has 37 heavy (non-hydrogen) atoms. The highest BCUT2D eigenvalue weighted by molar-refractivity contribution is 5.77. The summed E-state index contributed by atoms with van der Waals surface area (Å²) in [6.07, 6.45) is 20.1. The van der Waals surface area contributed by atoms with E-state index in [1.807, 2.05) is 26.0 Å². The van der Waals surface area contributed by atoms with Crippen molar-refractivity contribution in [2.75, 3.05) is 4.90 Å². The monoisotopic (exact) mass is 485 g/mol. The number of hydrogen-bond donors (Lipinski definition) is 0. The minimum atomic E-state index is 0.0931. The van der Waals surface area contributed by atoms with Crippen molar-refractivity contribution in [1.82, 2.24) is 0 Å². The van der Waals surface area contributed by atoms with Gasteiger partial charge in [-0.1, -0.05) is 125 Å². The van der Waals surface area contributed by atoms with Gasteiger partial charge in [0.05, 0.1) is 0 Å². The fraction of sp³-hybridized carbons (Fsp3) is 0.222. The highest BCUT2D eigenvalue weighted by Gasteiger charge is 2.44. The molecule has 5 rings (SSSR count). The molecule has 1 heteroatoms. The van der Waals surface area contributed by atoms with Gasteiger partial charge >= 0.3 is 0 Å². The van der Waals surface area contributed by atoms with Crippen LogP contribution in [0, 0.1) is 5.92 Å². The summed E-state index contributed by atoms with van der Waals surface area (Å²) >= 11 is 0. The maximum Gasteiger partial charge on any atom is 0.0464 e. The van der Waals surface area contributed by atoms with Gasteiger partial charge < -0.3 is 4.90 Å². The number of fused-ring (bicyclic) bond motifs is 3. The third-order valence-electron chi connectivity index (χ3n) is 7.37. The Balaban J connectivity index is 0.00000156. The van der Waals surface area contributed by atoms with Gasteiger partial charge in [-0.05, 0) is 70.8 Å². The summed E-state index contributed by atoms with van der Waals surface area (Å²) in [5.74, 6) is 0.981. The quantitative estimate of drug-likeness (QED) is 0.301. The van der Waals surface area contributed by atoms with Crippen molar-refractivity contribution in [1.29, 1.82) is 0 Å². The van der Waals surface area contributed by atoms with Crippen LogP contribution in [0.5, 0.6) is 0 Å². The average molecular weight is 486 g/mol. The predicted octanol–water partition coefficient (Wildman–Crippen LogP) is 10.1. The van der Waals surface area contributed by atoms with E-state index >= 15 is 0 Å². The highest BCUT2D eigenvalue weighted by Crippen LogP contribution is 2.54. The Hall–Kier alpha value is -3.84. The summed E-state index contributed by atoms with van der Waals surface area (Å²) in [5, 5.41) is 0. The van der Waals surface area contributed by atoms with Crippen LogP contribution in [0.3, 0.4) is 0 Å². The second-order valence-corrected chi connectivity index (χ2v) is 9.90. The third-order valence-corrected chi connectivity index (χ3v) is 7.37. The van der Waals surface area contributed by atoms with Gasteiger partial charge in [-0.3, -0.25) is 0 Å². The van der Waals surface area contributed by atoms with Gasteiger partial charge in [-0.25, -0.2) is 0 Å². The first-order chi connectivity index (χ1) is 18.1. The standard InChI is InChI=1S/C34H33N.C2H6/c1-4-5-6-7-9-14-26-19-21-28(22-20-26)35(27-15-10-8-11-16-27)29-23-24-31-30-17-12-13-18-32(30)34(2,3)33(31)25-29;1-2/h4-13,15-25,30,32H,1,14H2,2-3H3;1-2H3/b6-5-,9-7-;. The van der Waals surface area contributed by atoms with E-state index in [2.05, 4.69) is 135 Å². The molecule has 0 amide bonds. The van der Waals surface area contributed by atoms with Crippen LogP contribution in [0.4, 0.5) is 17.1 Å². The zero-order valence-corrected chi connectivity index (χ0v) is 22.6. The molecular weight excluding hydrogens is 446 g/mol. The zero-order chi connectivity index (χ0) is 26.3. The SMILES string of the molecule is C=C/C=C\C=C/Cc1ccc(N(c2ccccc2)c2ccc3c(c2)C(C)(C)C2C=CC=CC32)cc1.CC. The Morgan fingerprint density at radius 2 is 1.46 bits per heavy atom. The Labute approximate surface area is 223 Å². The van der Waals surface area contributed by atoms with Crippen molar-refractivity contribution in [3.8, 4) is 0 Å². The lowest BCUT2D eigenvalue weighted by atomic mass is 9.74. The lowest BCUT2D eigenvalue weighted by Gasteiger charge is -2.30. The Morgan fingerprint density at radius 1 is 0.784 bits per heavy atom. The fourth-order valence-electron chi connectivity index (χ4n) is 5.54. The highest BCUT2D eigenvalue weighted by atomic mass is 15.1. The number of benzene rings is 3. The molecule has 0 heterocycles. The lowest BCUT2D eigenvalue weighted by Crippen LogP contribution is -2.24. The van der Waals surface area contributed by atoms with Crippen LogP contribution in [0.15, 0.2) is 134 Å². The normalized spacial score (nSPS) is 18.8. The molecule has 0 aromatic heterocycles. The molecule has 0 saturated carbocycles. The molecule has 0 radical (unpaired) electrons. The van der Waals surface area contributed by atoms with Gasteiger partial charge in [-0.2, -0.15) is 0 Å². The molecule has 3 aromatic rings. The molecule has 0 aliphatic heterocycles. The second kappa shape index (κ2) is 11.9.